The summed E-state index contributed by atoms with van der Waals surface area (Å²) in [5.41, 5.74) is 14.4. The van der Waals surface area contributed by atoms with Crippen LogP contribution < -0.4 is 9.64 Å². The zero-order chi connectivity index (χ0) is 37.8. The first-order valence-electron chi connectivity index (χ1n) is 21.3. The first kappa shape index (κ1) is 34.2. The molecule has 280 valence electrons. The average Bonchev–Trinajstić information content (AvgIpc) is 3.22. The minimum absolute atomic E-state index is 0.0163. The summed E-state index contributed by atoms with van der Waals surface area (Å²) in [6.07, 6.45) is 9.07. The monoisotopic (exact) mass is 731 g/mol. The second-order valence-electron chi connectivity index (χ2n) is 19.2. The molecule has 2 nitrogen and oxygen atoms in total. The van der Waals surface area contributed by atoms with Crippen LogP contribution in [-0.4, -0.2) is 0 Å². The van der Waals surface area contributed by atoms with E-state index < -0.39 is 0 Å². The van der Waals surface area contributed by atoms with Gasteiger partial charge in [-0.3, -0.25) is 0 Å². The highest BCUT2D eigenvalue weighted by Crippen LogP contribution is 2.70. The van der Waals surface area contributed by atoms with E-state index in [-0.39, 0.29) is 16.2 Å². The molecule has 4 fully saturated rings. The maximum atomic E-state index is 7.44. The fraction of sp³-hybridized carbons (Fsp3) is 0.333. The Kier molecular flexibility index (Phi) is 7.61. The molecule has 12 rings (SSSR count). The number of fused-ring (bicyclic) bond motifs is 3. The van der Waals surface area contributed by atoms with Crippen molar-refractivity contribution in [3.63, 3.8) is 0 Å². The number of para-hydroxylation sites is 1. The Morgan fingerprint density at radius 2 is 1.04 bits per heavy atom. The van der Waals surface area contributed by atoms with Gasteiger partial charge in [0.25, 0.3) is 0 Å². The summed E-state index contributed by atoms with van der Waals surface area (Å²) < 4.78 is 7.44. The van der Waals surface area contributed by atoms with E-state index in [9.17, 15) is 0 Å². The van der Waals surface area contributed by atoms with Crippen LogP contribution in [0.1, 0.15) is 94.9 Å². The van der Waals surface area contributed by atoms with Gasteiger partial charge in [-0.1, -0.05) is 131 Å². The van der Waals surface area contributed by atoms with Crippen LogP contribution in [0.15, 0.2) is 140 Å². The van der Waals surface area contributed by atoms with Crippen molar-refractivity contribution in [2.75, 3.05) is 4.90 Å². The lowest BCUT2D eigenvalue weighted by molar-refractivity contribution is -0.0451. The van der Waals surface area contributed by atoms with Gasteiger partial charge < -0.3 is 9.64 Å². The van der Waals surface area contributed by atoms with Crippen LogP contribution in [0.4, 0.5) is 17.1 Å². The van der Waals surface area contributed by atoms with E-state index in [2.05, 4.69) is 172 Å². The minimum atomic E-state index is -0.0721. The van der Waals surface area contributed by atoms with E-state index >= 15 is 0 Å². The van der Waals surface area contributed by atoms with Gasteiger partial charge in [0.1, 0.15) is 5.75 Å². The molecule has 0 radical (unpaired) electrons. The van der Waals surface area contributed by atoms with Crippen LogP contribution in [0.3, 0.4) is 0 Å². The SMILES string of the molecule is CC1(C)CCC(C)(C)c2c(N(c3ccc(-c4ccccc4)cc3)c3cccc4c3Oc3ccc(-c5ccccc5)cc3C43C4CC5CC(C4)CC3C5)cccc21. The van der Waals surface area contributed by atoms with Crippen LogP contribution in [0.25, 0.3) is 22.3 Å². The molecule has 4 saturated carbocycles. The summed E-state index contributed by atoms with van der Waals surface area (Å²) in [6.45, 7) is 9.80. The predicted molar refractivity (Wildman–Crippen MR) is 232 cm³/mol. The molecule has 6 aromatic rings. The summed E-state index contributed by atoms with van der Waals surface area (Å²) in [5, 5.41) is 0. The Morgan fingerprint density at radius 3 is 1.70 bits per heavy atom. The normalized spacial score (nSPS) is 25.9. The maximum absolute atomic E-state index is 7.44. The second-order valence-corrected chi connectivity index (χ2v) is 19.2. The summed E-state index contributed by atoms with van der Waals surface area (Å²) >= 11 is 0. The summed E-state index contributed by atoms with van der Waals surface area (Å²) in [4.78, 5) is 2.57. The zero-order valence-electron chi connectivity index (χ0n) is 33.4. The minimum Gasteiger partial charge on any atom is -0.455 e. The average molecular weight is 732 g/mol. The molecule has 56 heavy (non-hydrogen) atoms. The molecule has 1 spiro atoms. The smallest absolute Gasteiger partial charge is 0.155 e. The number of nitrogens with zero attached hydrogens (tertiary/aromatic N) is 1. The number of anilines is 3. The number of rotatable bonds is 5. The first-order valence-corrected chi connectivity index (χ1v) is 21.3. The fourth-order valence-corrected chi connectivity index (χ4v) is 12.7. The largest absolute Gasteiger partial charge is 0.455 e. The molecule has 0 aromatic heterocycles. The van der Waals surface area contributed by atoms with E-state index in [0.717, 1.165) is 35.4 Å². The number of ether oxygens (including phenoxy) is 1. The van der Waals surface area contributed by atoms with E-state index in [4.69, 9.17) is 4.74 Å². The van der Waals surface area contributed by atoms with Gasteiger partial charge in [0, 0.05) is 22.2 Å². The van der Waals surface area contributed by atoms with Gasteiger partial charge in [0.2, 0.25) is 0 Å². The predicted octanol–water partition coefficient (Wildman–Crippen LogP) is 14.7. The number of benzene rings is 6. The third-order valence-electron chi connectivity index (χ3n) is 15.1. The van der Waals surface area contributed by atoms with Crippen molar-refractivity contribution in [3.8, 4) is 33.8 Å². The molecule has 0 N–H and O–H groups in total. The van der Waals surface area contributed by atoms with Crippen LogP contribution in [0, 0.1) is 23.7 Å². The van der Waals surface area contributed by atoms with Gasteiger partial charge in [-0.15, -0.1) is 0 Å². The van der Waals surface area contributed by atoms with E-state index in [1.807, 2.05) is 0 Å². The third kappa shape index (κ3) is 5.07. The van der Waals surface area contributed by atoms with Gasteiger partial charge in [-0.2, -0.15) is 0 Å². The Bertz CT molecular complexity index is 2430. The molecule has 0 unspecified atom stereocenters. The molecule has 0 atom stereocenters. The van der Waals surface area contributed by atoms with Crippen LogP contribution in [0.5, 0.6) is 11.5 Å². The van der Waals surface area contributed by atoms with Gasteiger partial charge in [0.15, 0.2) is 5.75 Å². The van der Waals surface area contributed by atoms with Crippen molar-refractivity contribution in [3.05, 3.63) is 162 Å². The van der Waals surface area contributed by atoms with Gasteiger partial charge in [-0.25, -0.2) is 0 Å². The number of hydrogen-bond donors (Lipinski definition) is 0. The van der Waals surface area contributed by atoms with E-state index in [0.29, 0.717) is 11.8 Å². The van der Waals surface area contributed by atoms with Crippen molar-refractivity contribution >= 4 is 17.1 Å². The molecule has 0 amide bonds. The lowest BCUT2D eigenvalue weighted by atomic mass is 9.41. The molecule has 6 aliphatic rings. The summed E-state index contributed by atoms with van der Waals surface area (Å²) in [7, 11) is 0. The Hall–Kier alpha value is -5.08. The summed E-state index contributed by atoms with van der Waals surface area (Å²) in [5.74, 6) is 5.05. The van der Waals surface area contributed by atoms with Crippen molar-refractivity contribution < 1.29 is 4.74 Å². The molecule has 6 aromatic carbocycles. The van der Waals surface area contributed by atoms with Crippen LogP contribution in [-0.2, 0) is 16.2 Å². The van der Waals surface area contributed by atoms with E-state index in [1.54, 1.807) is 0 Å². The topological polar surface area (TPSA) is 12.5 Å². The second kappa shape index (κ2) is 12.5. The van der Waals surface area contributed by atoms with Crippen LogP contribution in [0.2, 0.25) is 0 Å². The highest BCUT2D eigenvalue weighted by atomic mass is 16.5. The third-order valence-corrected chi connectivity index (χ3v) is 15.1. The first-order chi connectivity index (χ1) is 27.2. The lowest BCUT2D eigenvalue weighted by Crippen LogP contribution is -2.57. The fourth-order valence-electron chi connectivity index (χ4n) is 12.7. The van der Waals surface area contributed by atoms with Gasteiger partial charge >= 0.3 is 0 Å². The van der Waals surface area contributed by atoms with Crippen molar-refractivity contribution in [1.29, 1.82) is 0 Å². The standard InChI is InChI=1S/C54H53NO/c1-52(2)27-28-53(3,4)50-44(52)17-11-19-47(50)55(43-24-21-39(22-25-43)37-13-7-5-8-14-37)48-20-12-18-45-51(48)56-49-26-23-40(38-15-9-6-10-16-38)34-46(49)54(45)41-30-35-29-36(32-41)33-42(54)31-35/h5-26,34-36,41-42H,27-33H2,1-4H3. The zero-order valence-corrected chi connectivity index (χ0v) is 33.4. The molecule has 2 heteroatoms. The highest BCUT2D eigenvalue weighted by Gasteiger charge is 2.61. The maximum Gasteiger partial charge on any atom is 0.155 e. The van der Waals surface area contributed by atoms with Crippen molar-refractivity contribution in [2.45, 2.75) is 88.9 Å². The Morgan fingerprint density at radius 1 is 0.482 bits per heavy atom. The molecular weight excluding hydrogens is 679 g/mol. The van der Waals surface area contributed by atoms with Gasteiger partial charge in [-0.05, 0) is 149 Å². The molecule has 1 aliphatic heterocycles. The Balaban J connectivity index is 1.16. The molecule has 0 saturated heterocycles. The van der Waals surface area contributed by atoms with Crippen molar-refractivity contribution in [2.24, 2.45) is 23.7 Å². The highest BCUT2D eigenvalue weighted by molar-refractivity contribution is 5.86. The summed E-state index contributed by atoms with van der Waals surface area (Å²) in [6, 6.07) is 52.4. The quantitative estimate of drug-likeness (QED) is 0.175. The Labute approximate surface area is 333 Å². The lowest BCUT2D eigenvalue weighted by Gasteiger charge is -2.63. The molecule has 5 aliphatic carbocycles. The van der Waals surface area contributed by atoms with Crippen molar-refractivity contribution in [1.82, 2.24) is 0 Å². The van der Waals surface area contributed by atoms with Gasteiger partial charge in [0.05, 0.1) is 11.4 Å². The molecule has 1 heterocycles. The van der Waals surface area contributed by atoms with Crippen LogP contribution >= 0.6 is 0 Å². The molecular formula is C54H53NO. The number of hydrogen-bond acceptors (Lipinski definition) is 2. The molecule has 4 bridgehead atoms. The van der Waals surface area contributed by atoms with E-state index in [1.165, 1.54) is 94.4 Å².